The number of ether oxygens (including phenoxy) is 2. The first-order chi connectivity index (χ1) is 15.8. The van der Waals surface area contributed by atoms with Gasteiger partial charge in [0.05, 0.1) is 23.4 Å². The summed E-state index contributed by atoms with van der Waals surface area (Å²) >= 11 is 0. The molecule has 178 valence electrons. The first kappa shape index (κ1) is 23.7. The smallest absolute Gasteiger partial charge is 0.226 e. The second-order valence-electron chi connectivity index (χ2n) is 9.17. The SMILES string of the molecule is CNS(=O)(=O)[C@H]1CC[C@](COC2CC(c3ccccc3OCc3ccccc3)C2)(C(N)=O)C1. The number of amides is 1. The van der Waals surface area contributed by atoms with Crippen molar-refractivity contribution in [2.75, 3.05) is 13.7 Å². The summed E-state index contributed by atoms with van der Waals surface area (Å²) in [5, 5.41) is -0.610. The summed E-state index contributed by atoms with van der Waals surface area (Å²) in [4.78, 5) is 12.2. The molecule has 0 aliphatic heterocycles. The monoisotopic (exact) mass is 472 g/mol. The summed E-state index contributed by atoms with van der Waals surface area (Å²) in [5.41, 5.74) is 7.06. The fraction of sp³-hybridized carbons (Fsp3) is 0.480. The maximum absolute atomic E-state index is 12.2. The van der Waals surface area contributed by atoms with Crippen LogP contribution in [0.5, 0.6) is 5.75 Å². The molecule has 33 heavy (non-hydrogen) atoms. The molecule has 0 bridgehead atoms. The van der Waals surface area contributed by atoms with Crippen molar-refractivity contribution in [3.05, 3.63) is 65.7 Å². The van der Waals surface area contributed by atoms with Crippen LogP contribution in [0.1, 0.15) is 49.1 Å². The van der Waals surface area contributed by atoms with Gasteiger partial charge in [0, 0.05) is 0 Å². The first-order valence-electron chi connectivity index (χ1n) is 11.4. The molecular formula is C25H32N2O5S. The standard InChI is InChI=1S/C25H32N2O5S/c1-27-33(29,30)21-11-12-25(15-21,24(26)28)17-32-20-13-19(14-20)22-9-5-6-10-23(22)31-16-18-7-3-2-4-8-18/h2-10,19-21,27H,11-17H2,1H3,(H2,26,28)/t19?,20?,21-,25-/m0/s1. The Morgan fingerprint density at radius 3 is 2.52 bits per heavy atom. The number of benzene rings is 2. The van der Waals surface area contributed by atoms with Crippen molar-refractivity contribution in [3.8, 4) is 5.75 Å². The van der Waals surface area contributed by atoms with Gasteiger partial charge in [0.15, 0.2) is 0 Å². The van der Waals surface area contributed by atoms with E-state index in [1.54, 1.807) is 0 Å². The normalized spacial score (nSPS) is 27.1. The van der Waals surface area contributed by atoms with Gasteiger partial charge in [-0.05, 0) is 62.3 Å². The second kappa shape index (κ2) is 9.83. The van der Waals surface area contributed by atoms with Gasteiger partial charge in [0.2, 0.25) is 15.9 Å². The Morgan fingerprint density at radius 2 is 1.82 bits per heavy atom. The molecule has 2 atom stereocenters. The molecule has 0 unspecified atom stereocenters. The van der Waals surface area contributed by atoms with Crippen LogP contribution >= 0.6 is 0 Å². The van der Waals surface area contributed by atoms with Crippen molar-refractivity contribution >= 4 is 15.9 Å². The van der Waals surface area contributed by atoms with Gasteiger partial charge < -0.3 is 15.2 Å². The Kier molecular flexibility index (Phi) is 7.07. The molecule has 1 amide bonds. The van der Waals surface area contributed by atoms with E-state index in [4.69, 9.17) is 15.2 Å². The molecule has 2 aromatic rings. The zero-order valence-corrected chi connectivity index (χ0v) is 19.7. The maximum atomic E-state index is 12.2. The minimum atomic E-state index is -3.44. The van der Waals surface area contributed by atoms with Gasteiger partial charge in [-0.15, -0.1) is 0 Å². The molecule has 0 saturated heterocycles. The number of para-hydroxylation sites is 1. The summed E-state index contributed by atoms with van der Waals surface area (Å²) in [6.07, 6.45) is 2.73. The third kappa shape index (κ3) is 5.23. The molecule has 0 radical (unpaired) electrons. The van der Waals surface area contributed by atoms with Crippen molar-refractivity contribution < 1.29 is 22.7 Å². The Labute approximate surface area is 195 Å². The Morgan fingerprint density at radius 1 is 1.12 bits per heavy atom. The van der Waals surface area contributed by atoms with Crippen molar-refractivity contribution in [3.63, 3.8) is 0 Å². The van der Waals surface area contributed by atoms with Crippen molar-refractivity contribution in [1.82, 2.24) is 4.72 Å². The molecule has 0 aromatic heterocycles. The molecule has 4 rings (SSSR count). The minimum Gasteiger partial charge on any atom is -0.489 e. The van der Waals surface area contributed by atoms with E-state index in [-0.39, 0.29) is 19.1 Å². The minimum absolute atomic E-state index is 0.0216. The molecule has 7 nitrogen and oxygen atoms in total. The van der Waals surface area contributed by atoms with Gasteiger partial charge in [-0.25, -0.2) is 13.1 Å². The summed E-state index contributed by atoms with van der Waals surface area (Å²) in [6.45, 7) is 0.684. The third-order valence-corrected chi connectivity index (χ3v) is 8.94. The molecule has 8 heteroatoms. The van der Waals surface area contributed by atoms with Crippen LogP contribution in [-0.4, -0.2) is 39.3 Å². The largest absolute Gasteiger partial charge is 0.489 e. The highest BCUT2D eigenvalue weighted by Gasteiger charge is 2.49. The summed E-state index contributed by atoms with van der Waals surface area (Å²) < 4.78 is 38.9. The quantitative estimate of drug-likeness (QED) is 0.552. The van der Waals surface area contributed by atoms with Gasteiger partial charge in [0.1, 0.15) is 12.4 Å². The van der Waals surface area contributed by atoms with Crippen LogP contribution < -0.4 is 15.2 Å². The van der Waals surface area contributed by atoms with Crippen LogP contribution in [0.4, 0.5) is 0 Å². The third-order valence-electron chi connectivity index (χ3n) is 7.10. The van der Waals surface area contributed by atoms with Crippen molar-refractivity contribution in [2.45, 2.75) is 56.0 Å². The maximum Gasteiger partial charge on any atom is 0.226 e. The van der Waals surface area contributed by atoms with E-state index in [0.29, 0.717) is 25.4 Å². The summed E-state index contributed by atoms with van der Waals surface area (Å²) in [7, 11) is -2.04. The molecule has 2 aromatic carbocycles. The van der Waals surface area contributed by atoms with E-state index >= 15 is 0 Å². The highest BCUT2D eigenvalue weighted by Crippen LogP contribution is 2.45. The van der Waals surface area contributed by atoms with Gasteiger partial charge in [0.25, 0.3) is 0 Å². The fourth-order valence-corrected chi connectivity index (χ4v) is 6.15. The summed E-state index contributed by atoms with van der Waals surface area (Å²) in [6, 6.07) is 18.1. The zero-order chi connectivity index (χ0) is 23.5. The van der Waals surface area contributed by atoms with E-state index in [1.165, 1.54) is 12.6 Å². The van der Waals surface area contributed by atoms with Crippen LogP contribution in [0.25, 0.3) is 0 Å². The molecular weight excluding hydrogens is 440 g/mol. The second-order valence-corrected chi connectivity index (χ2v) is 11.3. The number of hydrogen-bond acceptors (Lipinski definition) is 5. The van der Waals surface area contributed by atoms with Gasteiger partial charge in [-0.3, -0.25) is 4.79 Å². The predicted octanol–water partition coefficient (Wildman–Crippen LogP) is 3.10. The number of nitrogens with two attached hydrogens (primary N) is 1. The average Bonchev–Trinajstić information content (AvgIpc) is 3.25. The van der Waals surface area contributed by atoms with Crippen LogP contribution in [0.15, 0.2) is 54.6 Å². The van der Waals surface area contributed by atoms with E-state index in [0.717, 1.165) is 24.2 Å². The molecule has 0 spiro atoms. The highest BCUT2D eigenvalue weighted by atomic mass is 32.2. The predicted molar refractivity (Wildman–Crippen MR) is 126 cm³/mol. The number of primary amides is 1. The number of hydrogen-bond donors (Lipinski definition) is 2. The number of sulfonamides is 1. The van der Waals surface area contributed by atoms with Crippen LogP contribution in [-0.2, 0) is 26.2 Å². The zero-order valence-electron chi connectivity index (χ0n) is 18.9. The number of carbonyl (C=O) groups is 1. The van der Waals surface area contributed by atoms with Crippen molar-refractivity contribution in [1.29, 1.82) is 0 Å². The fourth-order valence-electron chi connectivity index (χ4n) is 4.85. The number of nitrogens with one attached hydrogen (secondary N) is 1. The number of rotatable bonds is 10. The van der Waals surface area contributed by atoms with Crippen LogP contribution in [0, 0.1) is 5.41 Å². The lowest BCUT2D eigenvalue weighted by atomic mass is 9.77. The average molecular weight is 473 g/mol. The first-order valence-corrected chi connectivity index (χ1v) is 13.0. The molecule has 2 aliphatic carbocycles. The molecule has 2 saturated carbocycles. The molecule has 3 N–H and O–H groups in total. The summed E-state index contributed by atoms with van der Waals surface area (Å²) in [5.74, 6) is 0.730. The van der Waals surface area contributed by atoms with E-state index in [1.807, 2.05) is 48.5 Å². The lowest BCUT2D eigenvalue weighted by Crippen LogP contribution is -2.43. The van der Waals surface area contributed by atoms with Gasteiger partial charge in [-0.2, -0.15) is 0 Å². The van der Waals surface area contributed by atoms with Crippen LogP contribution in [0.2, 0.25) is 0 Å². The van der Waals surface area contributed by atoms with Gasteiger partial charge in [-0.1, -0.05) is 48.5 Å². The van der Waals surface area contributed by atoms with E-state index < -0.39 is 26.6 Å². The topological polar surface area (TPSA) is 108 Å². The molecule has 0 heterocycles. The lowest BCUT2D eigenvalue weighted by Gasteiger charge is -2.38. The van der Waals surface area contributed by atoms with E-state index in [9.17, 15) is 13.2 Å². The number of carbonyl (C=O) groups excluding carboxylic acids is 1. The molecule has 2 aliphatic rings. The van der Waals surface area contributed by atoms with E-state index in [2.05, 4.69) is 10.8 Å². The molecule has 2 fully saturated rings. The lowest BCUT2D eigenvalue weighted by molar-refractivity contribution is -0.134. The van der Waals surface area contributed by atoms with Gasteiger partial charge >= 0.3 is 0 Å². The Bertz CT molecular complexity index is 1070. The highest BCUT2D eigenvalue weighted by molar-refractivity contribution is 7.90. The Hall–Kier alpha value is -2.42. The van der Waals surface area contributed by atoms with Crippen LogP contribution in [0.3, 0.4) is 0 Å². The van der Waals surface area contributed by atoms with Crippen molar-refractivity contribution in [2.24, 2.45) is 11.1 Å². The Balaban J connectivity index is 1.32.